The van der Waals surface area contributed by atoms with Crippen molar-refractivity contribution in [2.45, 2.75) is 174 Å². The Hall–Kier alpha value is -1.79. The van der Waals surface area contributed by atoms with E-state index >= 15 is 0 Å². The lowest BCUT2D eigenvalue weighted by molar-refractivity contribution is -0.283. The highest BCUT2D eigenvalue weighted by Gasteiger charge is 2.47. The second kappa shape index (κ2) is 14.8. The molecule has 5 N–H and O–H groups in total. The normalized spacial score (nSPS) is 22.9. The lowest BCUT2D eigenvalue weighted by Gasteiger charge is -2.54. The third-order valence-corrected chi connectivity index (χ3v) is 9.31. The van der Waals surface area contributed by atoms with Gasteiger partial charge < -0.3 is 26.5 Å². The molecule has 0 aliphatic carbocycles. The topological polar surface area (TPSA) is 128 Å². The van der Waals surface area contributed by atoms with Crippen molar-refractivity contribution in [3.05, 3.63) is 0 Å². The molecule has 2 saturated heterocycles. The van der Waals surface area contributed by atoms with Gasteiger partial charge in [-0.3, -0.25) is 4.84 Å². The van der Waals surface area contributed by atoms with E-state index in [0.29, 0.717) is 18.5 Å². The van der Waals surface area contributed by atoms with Crippen LogP contribution in [0, 0.1) is 0 Å². The van der Waals surface area contributed by atoms with Crippen molar-refractivity contribution < 1.29 is 10.0 Å². The predicted molar refractivity (Wildman–Crippen MR) is 181 cm³/mol. The van der Waals surface area contributed by atoms with Crippen LogP contribution in [-0.4, -0.2) is 90.3 Å². The van der Waals surface area contributed by atoms with Crippen molar-refractivity contribution in [3.8, 4) is 0 Å². The molecule has 11 heteroatoms. The Morgan fingerprint density at radius 1 is 0.795 bits per heavy atom. The minimum atomic E-state index is -0.376. The van der Waals surface area contributed by atoms with E-state index in [2.05, 4.69) is 96.8 Å². The smallest absolute Gasteiger partial charge is 0.231 e. The van der Waals surface area contributed by atoms with Gasteiger partial charge in [-0.05, 0) is 100 Å². The lowest BCUT2D eigenvalue weighted by atomic mass is 9.79. The van der Waals surface area contributed by atoms with Crippen LogP contribution in [0.1, 0.15) is 134 Å². The minimum absolute atomic E-state index is 0.0242. The molecule has 1 aromatic rings. The third kappa shape index (κ3) is 9.37. The molecule has 2 fully saturated rings. The van der Waals surface area contributed by atoms with Crippen molar-refractivity contribution in [2.24, 2.45) is 5.73 Å². The van der Waals surface area contributed by atoms with Crippen molar-refractivity contribution in [1.82, 2.24) is 25.1 Å². The van der Waals surface area contributed by atoms with Crippen LogP contribution < -0.4 is 21.3 Å². The minimum Gasteiger partial charge on any atom is -0.351 e. The molecular weight excluding hydrogens is 554 g/mol. The SMILES string of the molecule is CCCCN(CCCC)c1nc(NC2CC(C)(C)N(O)C(C)(C)C2)nc(NC2CC(C)(C)N(OCC(N)CC)C(C)(C)C2)n1. The summed E-state index contributed by atoms with van der Waals surface area (Å²) in [6.45, 7) is 26.2. The number of anilines is 3. The number of rotatable bonds is 15. The zero-order valence-corrected chi connectivity index (χ0v) is 29.8. The fourth-order valence-corrected chi connectivity index (χ4v) is 7.39. The number of piperidine rings is 2. The van der Waals surface area contributed by atoms with Gasteiger partial charge in [-0.1, -0.05) is 33.6 Å². The average molecular weight is 620 g/mol. The molecule has 254 valence electrons. The van der Waals surface area contributed by atoms with Gasteiger partial charge in [0.25, 0.3) is 0 Å². The number of nitrogens with zero attached hydrogens (tertiary/aromatic N) is 6. The van der Waals surface area contributed by atoms with Gasteiger partial charge in [-0.2, -0.15) is 25.1 Å². The summed E-state index contributed by atoms with van der Waals surface area (Å²) in [5, 5.41) is 21.9. The Labute approximate surface area is 268 Å². The fourth-order valence-electron chi connectivity index (χ4n) is 7.39. The van der Waals surface area contributed by atoms with Gasteiger partial charge in [-0.15, -0.1) is 0 Å². The van der Waals surface area contributed by atoms with Crippen molar-refractivity contribution in [1.29, 1.82) is 0 Å². The highest BCUT2D eigenvalue weighted by atomic mass is 16.7. The molecule has 0 bridgehead atoms. The summed E-state index contributed by atoms with van der Waals surface area (Å²) in [4.78, 5) is 23.6. The molecule has 2 aliphatic heterocycles. The summed E-state index contributed by atoms with van der Waals surface area (Å²) in [6.07, 6.45) is 8.57. The van der Waals surface area contributed by atoms with E-state index in [1.54, 1.807) is 0 Å². The van der Waals surface area contributed by atoms with Gasteiger partial charge in [0.05, 0.1) is 6.61 Å². The molecule has 0 spiro atoms. The Kier molecular flexibility index (Phi) is 12.3. The Balaban J connectivity index is 1.91. The van der Waals surface area contributed by atoms with Crippen LogP contribution in [0.2, 0.25) is 0 Å². The number of hydroxylamine groups is 4. The second-order valence-electron chi connectivity index (χ2n) is 15.8. The summed E-state index contributed by atoms with van der Waals surface area (Å²) >= 11 is 0. The van der Waals surface area contributed by atoms with E-state index in [1.165, 1.54) is 5.06 Å². The molecule has 0 amide bonds. The molecule has 1 atom stereocenters. The number of nitrogens with one attached hydrogen (secondary N) is 2. The fraction of sp³-hybridized carbons (Fsp3) is 0.909. The maximum Gasteiger partial charge on any atom is 0.231 e. The van der Waals surface area contributed by atoms with Crippen molar-refractivity contribution in [2.75, 3.05) is 35.2 Å². The Morgan fingerprint density at radius 2 is 1.23 bits per heavy atom. The molecular formula is C33H65N9O2. The number of aromatic nitrogens is 3. The van der Waals surface area contributed by atoms with Gasteiger partial charge >= 0.3 is 0 Å². The molecule has 44 heavy (non-hydrogen) atoms. The van der Waals surface area contributed by atoms with Crippen LogP contribution in [0.4, 0.5) is 17.8 Å². The molecule has 2 aliphatic rings. The summed E-state index contributed by atoms with van der Waals surface area (Å²) in [5.41, 5.74) is 5.02. The monoisotopic (exact) mass is 620 g/mol. The van der Waals surface area contributed by atoms with Crippen LogP contribution in [0.3, 0.4) is 0 Å². The summed E-state index contributed by atoms with van der Waals surface area (Å²) < 4.78 is 0. The van der Waals surface area contributed by atoms with E-state index in [-0.39, 0.29) is 40.3 Å². The molecule has 3 heterocycles. The van der Waals surface area contributed by atoms with Crippen LogP contribution >= 0.6 is 0 Å². The van der Waals surface area contributed by atoms with Crippen LogP contribution in [0.25, 0.3) is 0 Å². The highest BCUT2D eigenvalue weighted by Crippen LogP contribution is 2.40. The molecule has 0 aromatic carbocycles. The van der Waals surface area contributed by atoms with Crippen LogP contribution in [0.15, 0.2) is 0 Å². The first kappa shape index (κ1) is 36.7. The maximum atomic E-state index is 10.9. The number of hydrogen-bond acceptors (Lipinski definition) is 11. The van der Waals surface area contributed by atoms with E-state index in [4.69, 9.17) is 25.5 Å². The second-order valence-corrected chi connectivity index (χ2v) is 15.8. The van der Waals surface area contributed by atoms with Crippen molar-refractivity contribution >= 4 is 17.8 Å². The van der Waals surface area contributed by atoms with Crippen LogP contribution in [0.5, 0.6) is 0 Å². The maximum absolute atomic E-state index is 10.9. The number of unbranched alkanes of at least 4 members (excludes halogenated alkanes) is 2. The van der Waals surface area contributed by atoms with Gasteiger partial charge in [-0.25, -0.2) is 0 Å². The summed E-state index contributed by atoms with van der Waals surface area (Å²) in [6, 6.07) is 0.285. The Bertz CT molecular complexity index is 1000. The van der Waals surface area contributed by atoms with Gasteiger partial charge in [0.2, 0.25) is 17.8 Å². The van der Waals surface area contributed by atoms with Crippen LogP contribution in [-0.2, 0) is 4.84 Å². The third-order valence-electron chi connectivity index (χ3n) is 9.31. The predicted octanol–water partition coefficient (Wildman–Crippen LogP) is 6.20. The molecule has 0 saturated carbocycles. The standard InChI is InChI=1S/C33H65N9O2/c1-12-15-17-40(18-16-13-2)29-38-27(35-25-19-30(4,5)41(43)31(6,7)20-25)37-28(39-29)36-26-21-32(8,9)42(33(10,11)22-26)44-23-24(34)14-3/h24-26,43H,12-23,34H2,1-11H3,(H2,35,36,37,38,39). The molecule has 1 unspecified atom stereocenters. The van der Waals surface area contributed by atoms with E-state index in [9.17, 15) is 5.21 Å². The summed E-state index contributed by atoms with van der Waals surface area (Å²) in [7, 11) is 0. The lowest BCUT2D eigenvalue weighted by Crippen LogP contribution is -2.63. The van der Waals surface area contributed by atoms with E-state index in [0.717, 1.165) is 76.8 Å². The highest BCUT2D eigenvalue weighted by molar-refractivity contribution is 5.45. The average Bonchev–Trinajstić information content (AvgIpc) is 2.89. The first-order chi connectivity index (χ1) is 20.4. The molecule has 3 rings (SSSR count). The zero-order chi connectivity index (χ0) is 32.9. The quantitative estimate of drug-likeness (QED) is 0.179. The van der Waals surface area contributed by atoms with Gasteiger partial charge in [0.1, 0.15) is 0 Å². The van der Waals surface area contributed by atoms with Crippen molar-refractivity contribution in [3.63, 3.8) is 0 Å². The van der Waals surface area contributed by atoms with E-state index < -0.39 is 0 Å². The molecule has 1 aromatic heterocycles. The summed E-state index contributed by atoms with van der Waals surface area (Å²) in [5.74, 6) is 1.91. The largest absolute Gasteiger partial charge is 0.351 e. The first-order valence-electron chi connectivity index (χ1n) is 17.2. The van der Waals surface area contributed by atoms with E-state index in [1.807, 2.05) is 0 Å². The molecule has 0 radical (unpaired) electrons. The number of nitrogens with two attached hydrogens (primary N) is 1. The number of hydrogen-bond donors (Lipinski definition) is 4. The first-order valence-corrected chi connectivity index (χ1v) is 17.2. The Morgan fingerprint density at radius 3 is 1.64 bits per heavy atom. The van der Waals surface area contributed by atoms with Gasteiger partial charge in [0.15, 0.2) is 0 Å². The van der Waals surface area contributed by atoms with Gasteiger partial charge in [0, 0.05) is 53.4 Å². The molecule has 11 nitrogen and oxygen atoms in total. The zero-order valence-electron chi connectivity index (χ0n) is 29.8.